The van der Waals surface area contributed by atoms with E-state index in [4.69, 9.17) is 10.6 Å². The zero-order chi connectivity index (χ0) is 15.8. The van der Waals surface area contributed by atoms with Crippen LogP contribution in [0.5, 0.6) is 5.75 Å². The van der Waals surface area contributed by atoms with Gasteiger partial charge in [0.1, 0.15) is 5.82 Å². The summed E-state index contributed by atoms with van der Waals surface area (Å²) in [4.78, 5) is 21.1. The first-order chi connectivity index (χ1) is 9.95. The summed E-state index contributed by atoms with van der Waals surface area (Å²) in [5.74, 6) is 3.94. The average Bonchev–Trinajstić information content (AvgIpc) is 2.45. The Hall–Kier alpha value is -1.74. The highest BCUT2D eigenvalue weighted by molar-refractivity contribution is 9.10. The summed E-state index contributed by atoms with van der Waals surface area (Å²) in [7, 11) is 0. The van der Waals surface area contributed by atoms with Crippen molar-refractivity contribution in [3.63, 3.8) is 0 Å². The van der Waals surface area contributed by atoms with Crippen LogP contribution in [0.15, 0.2) is 16.6 Å². The fraction of sp³-hybridized carbons (Fsp3) is 0.417. The largest absolute Gasteiger partial charge is 0.487 e. The first kappa shape index (κ1) is 17.3. The van der Waals surface area contributed by atoms with E-state index in [0.717, 1.165) is 12.1 Å². The second kappa shape index (κ2) is 8.53. The van der Waals surface area contributed by atoms with Crippen LogP contribution in [0.1, 0.15) is 25.7 Å². The summed E-state index contributed by atoms with van der Waals surface area (Å²) in [5.41, 5.74) is 1.72. The number of nitrogens with zero attached hydrogens (tertiary/aromatic N) is 1. The molecule has 0 spiro atoms. The lowest BCUT2D eigenvalue weighted by Gasteiger charge is -2.07. The summed E-state index contributed by atoms with van der Waals surface area (Å²) in [6.07, 6.45) is 2.22. The Balaban J connectivity index is 2.46. The molecule has 0 atom stereocenters. The molecule has 0 unspecified atom stereocenters. The van der Waals surface area contributed by atoms with E-state index in [1.54, 1.807) is 0 Å². The van der Waals surface area contributed by atoms with Gasteiger partial charge in [0.25, 0.3) is 0 Å². The number of carbonyl (C=O) groups excluding carboxylic acids is 1. The molecule has 3 N–H and O–H groups in total. The number of benzene rings is 1. The van der Waals surface area contributed by atoms with Gasteiger partial charge in [-0.05, 0) is 35.2 Å². The number of unbranched alkanes of at least 4 members (excludes halogenated alkanes) is 2. The Kier molecular flexibility index (Phi) is 7.03. The minimum absolute atomic E-state index is 0.00865. The molecule has 21 heavy (non-hydrogen) atoms. The van der Waals surface area contributed by atoms with Gasteiger partial charge in [0.15, 0.2) is 5.75 Å². The Bertz CT molecular complexity index is 527. The number of hydrogen-bond acceptors (Lipinski definition) is 5. The van der Waals surface area contributed by atoms with Crippen molar-refractivity contribution in [2.45, 2.75) is 25.7 Å². The van der Waals surface area contributed by atoms with E-state index in [2.05, 4.69) is 15.9 Å². The highest BCUT2D eigenvalue weighted by atomic mass is 79.9. The monoisotopic (exact) mass is 363 g/mol. The molecule has 0 aliphatic rings. The molecular formula is C12H15BrFN3O4. The van der Waals surface area contributed by atoms with Gasteiger partial charge in [0, 0.05) is 18.6 Å². The zero-order valence-corrected chi connectivity index (χ0v) is 12.7. The van der Waals surface area contributed by atoms with Crippen LogP contribution < -0.4 is 16.0 Å². The summed E-state index contributed by atoms with van der Waals surface area (Å²) in [6, 6.07) is 2.04. The number of hydrogen-bond donors (Lipinski definition) is 2. The number of carbonyl (C=O) groups is 1. The van der Waals surface area contributed by atoms with Crippen LogP contribution in [0.25, 0.3) is 0 Å². The third-order valence-electron chi connectivity index (χ3n) is 2.67. The Morgan fingerprint density at radius 1 is 1.43 bits per heavy atom. The van der Waals surface area contributed by atoms with Crippen LogP contribution in [0, 0.1) is 15.9 Å². The fourth-order valence-corrected chi connectivity index (χ4v) is 1.93. The molecule has 1 rings (SSSR count). The topological polar surface area (TPSA) is 107 Å². The van der Waals surface area contributed by atoms with E-state index < -0.39 is 10.7 Å². The maximum atomic E-state index is 13.4. The van der Waals surface area contributed by atoms with Crippen molar-refractivity contribution < 1.29 is 18.8 Å². The summed E-state index contributed by atoms with van der Waals surface area (Å²) >= 11 is 2.89. The van der Waals surface area contributed by atoms with E-state index in [1.807, 2.05) is 5.43 Å². The lowest BCUT2D eigenvalue weighted by molar-refractivity contribution is -0.386. The molecule has 0 heterocycles. The van der Waals surface area contributed by atoms with Gasteiger partial charge in [0.05, 0.1) is 16.0 Å². The maximum Gasteiger partial charge on any atom is 0.312 e. The van der Waals surface area contributed by atoms with Crippen LogP contribution in [0.4, 0.5) is 10.1 Å². The van der Waals surface area contributed by atoms with E-state index in [0.29, 0.717) is 25.7 Å². The third-order valence-corrected chi connectivity index (χ3v) is 3.27. The molecule has 7 nitrogen and oxygen atoms in total. The molecule has 0 fully saturated rings. The van der Waals surface area contributed by atoms with Gasteiger partial charge in [-0.2, -0.15) is 0 Å². The minimum atomic E-state index is -0.634. The van der Waals surface area contributed by atoms with Gasteiger partial charge in [-0.3, -0.25) is 20.3 Å². The standard InChI is InChI=1S/C12H15BrFN3O4/c13-8-6-10(17(19)20)11(7-9(8)14)21-5-3-1-2-4-12(18)16-15/h6-7H,1-5,15H2,(H,16,18). The molecule has 9 heteroatoms. The normalized spacial score (nSPS) is 10.2. The molecule has 0 aliphatic carbocycles. The molecule has 0 aliphatic heterocycles. The van der Waals surface area contributed by atoms with Gasteiger partial charge < -0.3 is 4.74 Å². The van der Waals surface area contributed by atoms with Crippen LogP contribution in [0.2, 0.25) is 0 Å². The number of rotatable bonds is 8. The Morgan fingerprint density at radius 2 is 2.14 bits per heavy atom. The van der Waals surface area contributed by atoms with Crippen LogP contribution in [-0.4, -0.2) is 17.4 Å². The number of halogens is 2. The molecule has 0 saturated carbocycles. The van der Waals surface area contributed by atoms with Crippen LogP contribution in [0.3, 0.4) is 0 Å². The van der Waals surface area contributed by atoms with Crippen molar-refractivity contribution in [2.24, 2.45) is 5.84 Å². The summed E-state index contributed by atoms with van der Waals surface area (Å²) < 4.78 is 18.6. The van der Waals surface area contributed by atoms with E-state index in [-0.39, 0.29) is 28.4 Å². The number of nitro benzene ring substituents is 1. The Labute approximate surface area is 128 Å². The van der Waals surface area contributed by atoms with Crippen molar-refractivity contribution in [3.05, 3.63) is 32.5 Å². The number of amides is 1. The van der Waals surface area contributed by atoms with Gasteiger partial charge in [-0.25, -0.2) is 10.2 Å². The van der Waals surface area contributed by atoms with E-state index in [9.17, 15) is 19.3 Å². The molecule has 116 valence electrons. The molecule has 1 aromatic carbocycles. The molecule has 0 saturated heterocycles. The summed E-state index contributed by atoms with van der Waals surface area (Å²) in [6.45, 7) is 0.201. The maximum absolute atomic E-state index is 13.4. The van der Waals surface area contributed by atoms with Crippen LogP contribution in [-0.2, 0) is 4.79 Å². The predicted octanol–water partition coefficient (Wildman–Crippen LogP) is 2.43. The van der Waals surface area contributed by atoms with Crippen molar-refractivity contribution >= 4 is 27.5 Å². The van der Waals surface area contributed by atoms with Crippen molar-refractivity contribution in [1.82, 2.24) is 5.43 Å². The van der Waals surface area contributed by atoms with Crippen LogP contribution >= 0.6 is 15.9 Å². The molecule has 0 radical (unpaired) electrons. The number of hydrazine groups is 1. The summed E-state index contributed by atoms with van der Waals surface area (Å²) in [5, 5.41) is 10.9. The minimum Gasteiger partial charge on any atom is -0.487 e. The smallest absolute Gasteiger partial charge is 0.312 e. The fourth-order valence-electron chi connectivity index (χ4n) is 1.60. The first-order valence-electron chi connectivity index (χ1n) is 6.21. The van der Waals surface area contributed by atoms with Crippen molar-refractivity contribution in [3.8, 4) is 5.75 Å². The number of nitro groups is 1. The van der Waals surface area contributed by atoms with Gasteiger partial charge in [0.2, 0.25) is 5.91 Å². The van der Waals surface area contributed by atoms with E-state index >= 15 is 0 Å². The Morgan fingerprint density at radius 3 is 2.76 bits per heavy atom. The lowest BCUT2D eigenvalue weighted by Crippen LogP contribution is -2.29. The average molecular weight is 364 g/mol. The zero-order valence-electron chi connectivity index (χ0n) is 11.1. The van der Waals surface area contributed by atoms with E-state index in [1.165, 1.54) is 0 Å². The van der Waals surface area contributed by atoms with Gasteiger partial charge in [-0.15, -0.1) is 0 Å². The van der Waals surface area contributed by atoms with Gasteiger partial charge in [-0.1, -0.05) is 0 Å². The number of nitrogens with one attached hydrogen (secondary N) is 1. The molecule has 1 aromatic rings. The highest BCUT2D eigenvalue weighted by Crippen LogP contribution is 2.32. The molecular weight excluding hydrogens is 349 g/mol. The second-order valence-electron chi connectivity index (χ2n) is 4.22. The second-order valence-corrected chi connectivity index (χ2v) is 5.07. The quantitative estimate of drug-likeness (QED) is 0.242. The van der Waals surface area contributed by atoms with Gasteiger partial charge >= 0.3 is 5.69 Å². The third kappa shape index (κ3) is 5.64. The SMILES string of the molecule is NNC(=O)CCCCCOc1cc(F)c(Br)cc1[N+](=O)[O-]. The molecule has 1 amide bonds. The highest BCUT2D eigenvalue weighted by Gasteiger charge is 2.18. The molecule has 0 aromatic heterocycles. The first-order valence-corrected chi connectivity index (χ1v) is 7.00. The molecule has 0 bridgehead atoms. The number of nitrogens with two attached hydrogens (primary N) is 1. The number of ether oxygens (including phenoxy) is 1. The van der Waals surface area contributed by atoms with Crippen molar-refractivity contribution in [1.29, 1.82) is 0 Å². The van der Waals surface area contributed by atoms with Crippen molar-refractivity contribution in [2.75, 3.05) is 6.61 Å². The lowest BCUT2D eigenvalue weighted by atomic mass is 10.2. The predicted molar refractivity (Wildman–Crippen MR) is 77.0 cm³/mol.